The van der Waals surface area contributed by atoms with Gasteiger partial charge in [-0.1, -0.05) is 20.8 Å². The van der Waals surface area contributed by atoms with Crippen molar-refractivity contribution in [3.05, 3.63) is 17.5 Å². The van der Waals surface area contributed by atoms with E-state index in [9.17, 15) is 14.7 Å². The Hall–Kier alpha value is -1.89. The lowest BCUT2D eigenvalue weighted by Crippen LogP contribution is -2.50. The lowest BCUT2D eigenvalue weighted by Gasteiger charge is -2.44. The van der Waals surface area contributed by atoms with Gasteiger partial charge in [0.2, 0.25) is 5.91 Å². The van der Waals surface area contributed by atoms with Crippen LogP contribution in [0, 0.1) is 16.2 Å². The van der Waals surface area contributed by atoms with Crippen LogP contribution in [0.15, 0.2) is 6.07 Å². The number of amides is 1. The van der Waals surface area contributed by atoms with Crippen LogP contribution >= 0.6 is 0 Å². The van der Waals surface area contributed by atoms with Crippen molar-refractivity contribution in [1.82, 2.24) is 15.1 Å². The topological polar surface area (TPSA) is 107 Å². The summed E-state index contributed by atoms with van der Waals surface area (Å²) in [5.74, 6) is -0.416. The maximum Gasteiger partial charge on any atom is 0.309 e. The number of carboxylic acids is 1. The number of aromatic nitrogens is 2. The average molecular weight is 389 g/mol. The van der Waals surface area contributed by atoms with E-state index in [1.54, 1.807) is 0 Å². The molecule has 4 rings (SSSR count). The molecule has 28 heavy (non-hydrogen) atoms. The van der Waals surface area contributed by atoms with Gasteiger partial charge in [0.15, 0.2) is 0 Å². The van der Waals surface area contributed by atoms with E-state index in [1.807, 2.05) is 11.0 Å². The molecule has 3 N–H and O–H groups in total. The van der Waals surface area contributed by atoms with Crippen LogP contribution in [-0.2, 0) is 16.0 Å². The Balaban J connectivity index is 1.44. The molecule has 1 amide bonds. The maximum absolute atomic E-state index is 13.6. The normalized spacial score (nSPS) is 34.7. The average Bonchev–Trinajstić information content (AvgIpc) is 3.22. The SMILES string of the molecule is CC1(C)[C@]2(C(=O)N3CCC(c4cc(CC(=O)O)[nH]n4)CC3)CC[C@@]1(C)[C@H](O)C2. The summed E-state index contributed by atoms with van der Waals surface area (Å²) in [5.41, 5.74) is 0.672. The Morgan fingerprint density at radius 3 is 2.46 bits per heavy atom. The van der Waals surface area contributed by atoms with Gasteiger partial charge in [0, 0.05) is 24.7 Å². The highest BCUT2D eigenvalue weighted by molar-refractivity contribution is 5.85. The van der Waals surface area contributed by atoms with E-state index in [2.05, 4.69) is 31.0 Å². The van der Waals surface area contributed by atoms with Gasteiger partial charge in [-0.2, -0.15) is 5.10 Å². The summed E-state index contributed by atoms with van der Waals surface area (Å²) in [7, 11) is 0. The molecule has 1 aliphatic heterocycles. The maximum atomic E-state index is 13.6. The molecule has 7 heteroatoms. The molecule has 0 radical (unpaired) electrons. The number of fused-ring (bicyclic) bond motifs is 2. The van der Waals surface area contributed by atoms with Crippen molar-refractivity contribution in [3.63, 3.8) is 0 Å². The molecule has 3 fully saturated rings. The predicted octanol–water partition coefficient (Wildman–Crippen LogP) is 2.32. The fourth-order valence-electron chi connectivity index (χ4n) is 6.12. The van der Waals surface area contributed by atoms with Crippen molar-refractivity contribution >= 4 is 11.9 Å². The van der Waals surface area contributed by atoms with E-state index >= 15 is 0 Å². The number of carbonyl (C=O) groups excluding carboxylic acids is 1. The lowest BCUT2D eigenvalue weighted by molar-refractivity contribution is -0.148. The zero-order valence-electron chi connectivity index (χ0n) is 17.0. The first-order valence-electron chi connectivity index (χ1n) is 10.3. The molecule has 1 saturated heterocycles. The second-order valence-corrected chi connectivity index (χ2v) is 9.80. The fraction of sp³-hybridized carbons (Fsp3) is 0.762. The first kappa shape index (κ1) is 19.4. The third-order valence-electron chi connectivity index (χ3n) is 8.57. The number of aliphatic carboxylic acids is 1. The Kier molecular flexibility index (Phi) is 4.38. The van der Waals surface area contributed by atoms with Crippen LogP contribution < -0.4 is 0 Å². The minimum absolute atomic E-state index is 0.0526. The van der Waals surface area contributed by atoms with E-state index in [4.69, 9.17) is 5.11 Å². The third-order valence-corrected chi connectivity index (χ3v) is 8.57. The first-order valence-corrected chi connectivity index (χ1v) is 10.3. The number of hydrogen-bond acceptors (Lipinski definition) is 4. The number of aromatic amines is 1. The lowest BCUT2D eigenvalue weighted by atomic mass is 9.64. The van der Waals surface area contributed by atoms with E-state index in [0.29, 0.717) is 25.2 Å². The van der Waals surface area contributed by atoms with Crippen LogP contribution in [0.25, 0.3) is 0 Å². The summed E-state index contributed by atoms with van der Waals surface area (Å²) >= 11 is 0. The molecular weight excluding hydrogens is 358 g/mol. The molecule has 1 aromatic rings. The number of piperidine rings is 1. The molecule has 0 unspecified atom stereocenters. The van der Waals surface area contributed by atoms with Crippen molar-refractivity contribution in [1.29, 1.82) is 0 Å². The molecule has 3 aliphatic rings. The summed E-state index contributed by atoms with van der Waals surface area (Å²) in [6, 6.07) is 1.84. The number of nitrogens with one attached hydrogen (secondary N) is 1. The number of aliphatic hydroxyl groups excluding tert-OH is 1. The number of aliphatic hydroxyl groups is 1. The number of H-pyrrole nitrogens is 1. The van der Waals surface area contributed by atoms with Gasteiger partial charge in [-0.15, -0.1) is 0 Å². The molecule has 1 aromatic heterocycles. The Morgan fingerprint density at radius 1 is 1.25 bits per heavy atom. The minimum atomic E-state index is -0.875. The zero-order chi connectivity index (χ0) is 20.3. The molecule has 3 atom stereocenters. The summed E-state index contributed by atoms with van der Waals surface area (Å²) in [5, 5.41) is 26.7. The smallest absolute Gasteiger partial charge is 0.309 e. The van der Waals surface area contributed by atoms with E-state index < -0.39 is 17.5 Å². The molecule has 2 aliphatic carbocycles. The van der Waals surface area contributed by atoms with Gasteiger partial charge in [0.1, 0.15) is 0 Å². The van der Waals surface area contributed by atoms with Gasteiger partial charge in [0.05, 0.1) is 23.6 Å². The van der Waals surface area contributed by atoms with E-state index in [1.165, 1.54) is 0 Å². The van der Waals surface area contributed by atoms with Crippen molar-refractivity contribution in [2.45, 2.75) is 71.3 Å². The Bertz CT molecular complexity index is 795. The first-order chi connectivity index (χ1) is 13.1. The molecule has 0 spiro atoms. The number of nitrogens with zero attached hydrogens (tertiary/aromatic N) is 2. The standard InChI is InChI=1S/C21H31N3O4/c1-19(2)20(3)6-7-21(19,12-16(20)25)18(28)24-8-4-13(5-9-24)15-10-14(22-23-15)11-17(26)27/h10,13,16,25H,4-9,11-12H2,1-3H3,(H,22,23)(H,26,27)/t16-,20+,21-/m1/s1. The third kappa shape index (κ3) is 2.55. The summed E-state index contributed by atoms with van der Waals surface area (Å²) in [6.07, 6.45) is 3.55. The highest BCUT2D eigenvalue weighted by atomic mass is 16.4. The van der Waals surface area contributed by atoms with Gasteiger partial charge >= 0.3 is 5.97 Å². The van der Waals surface area contributed by atoms with Crippen molar-refractivity contribution in [2.24, 2.45) is 16.2 Å². The van der Waals surface area contributed by atoms with Gasteiger partial charge in [-0.05, 0) is 49.0 Å². The minimum Gasteiger partial charge on any atom is -0.481 e. The monoisotopic (exact) mass is 389 g/mol. The zero-order valence-corrected chi connectivity index (χ0v) is 17.0. The van der Waals surface area contributed by atoms with Crippen molar-refractivity contribution < 1.29 is 19.8 Å². The molecule has 2 saturated carbocycles. The molecule has 7 nitrogen and oxygen atoms in total. The summed E-state index contributed by atoms with van der Waals surface area (Å²) in [4.78, 5) is 26.4. The number of likely N-dealkylation sites (tertiary alicyclic amines) is 1. The van der Waals surface area contributed by atoms with Crippen LogP contribution in [-0.4, -0.2) is 56.4 Å². The molecular formula is C21H31N3O4. The van der Waals surface area contributed by atoms with E-state index in [-0.39, 0.29) is 29.1 Å². The summed E-state index contributed by atoms with van der Waals surface area (Å²) < 4.78 is 0. The Morgan fingerprint density at radius 2 is 1.93 bits per heavy atom. The van der Waals surface area contributed by atoms with Gasteiger partial charge < -0.3 is 15.1 Å². The highest BCUT2D eigenvalue weighted by Crippen LogP contribution is 2.72. The quantitative estimate of drug-likeness (QED) is 0.733. The Labute approximate surface area is 165 Å². The highest BCUT2D eigenvalue weighted by Gasteiger charge is 2.72. The van der Waals surface area contributed by atoms with Gasteiger partial charge in [-0.25, -0.2) is 0 Å². The van der Waals surface area contributed by atoms with Crippen molar-refractivity contribution in [3.8, 4) is 0 Å². The number of rotatable bonds is 4. The molecule has 2 heterocycles. The molecule has 154 valence electrons. The van der Waals surface area contributed by atoms with Gasteiger partial charge in [-0.3, -0.25) is 14.7 Å². The second-order valence-electron chi connectivity index (χ2n) is 9.80. The van der Waals surface area contributed by atoms with Crippen molar-refractivity contribution in [2.75, 3.05) is 13.1 Å². The second kappa shape index (κ2) is 6.31. The number of carboxylic acid groups (broad SMARTS) is 1. The number of carbonyl (C=O) groups is 2. The van der Waals surface area contributed by atoms with Crippen LogP contribution in [0.1, 0.15) is 70.2 Å². The molecule has 0 aromatic carbocycles. The van der Waals surface area contributed by atoms with Crippen LogP contribution in [0.4, 0.5) is 0 Å². The van der Waals surface area contributed by atoms with Crippen LogP contribution in [0.3, 0.4) is 0 Å². The van der Waals surface area contributed by atoms with Crippen LogP contribution in [0.5, 0.6) is 0 Å². The predicted molar refractivity (Wildman–Crippen MR) is 103 cm³/mol. The van der Waals surface area contributed by atoms with Gasteiger partial charge in [0.25, 0.3) is 0 Å². The number of hydrogen-bond donors (Lipinski definition) is 3. The molecule has 2 bridgehead atoms. The largest absolute Gasteiger partial charge is 0.481 e. The fourth-order valence-corrected chi connectivity index (χ4v) is 6.12. The van der Waals surface area contributed by atoms with E-state index in [0.717, 1.165) is 31.4 Å². The van der Waals surface area contributed by atoms with Crippen LogP contribution in [0.2, 0.25) is 0 Å². The summed E-state index contributed by atoms with van der Waals surface area (Å²) in [6.45, 7) is 7.84.